The molecule has 1 amide bonds. The van der Waals surface area contributed by atoms with Gasteiger partial charge in [-0.2, -0.15) is 0 Å². The van der Waals surface area contributed by atoms with Gasteiger partial charge in [-0.25, -0.2) is 13.2 Å². The first-order chi connectivity index (χ1) is 9.00. The summed E-state index contributed by atoms with van der Waals surface area (Å²) in [6.07, 6.45) is 2.17. The van der Waals surface area contributed by atoms with Gasteiger partial charge in [-0.05, 0) is 25.0 Å². The Morgan fingerprint density at radius 1 is 1.16 bits per heavy atom. The van der Waals surface area contributed by atoms with Crippen molar-refractivity contribution in [3.8, 4) is 0 Å². The molecular formula is C13H14F3NO2. The summed E-state index contributed by atoms with van der Waals surface area (Å²) in [6.45, 7) is 0. The topological polar surface area (TPSA) is 49.3 Å². The number of carbonyl (C=O) groups excluding carboxylic acids is 1. The molecule has 19 heavy (non-hydrogen) atoms. The largest absolute Gasteiger partial charge is 0.391 e. The van der Waals surface area contributed by atoms with E-state index in [1.54, 1.807) is 0 Å². The zero-order valence-corrected chi connectivity index (χ0v) is 10.1. The molecule has 0 unspecified atom stereocenters. The molecule has 1 aromatic carbocycles. The third-order valence-electron chi connectivity index (χ3n) is 3.33. The molecule has 6 heteroatoms. The van der Waals surface area contributed by atoms with Gasteiger partial charge in [-0.1, -0.05) is 12.8 Å². The molecule has 0 aliphatic heterocycles. The Balaban J connectivity index is 2.14. The fourth-order valence-electron chi connectivity index (χ4n) is 2.23. The fourth-order valence-corrected chi connectivity index (χ4v) is 2.23. The number of aliphatic hydroxyl groups is 1. The van der Waals surface area contributed by atoms with Crippen LogP contribution in [0.2, 0.25) is 0 Å². The van der Waals surface area contributed by atoms with E-state index in [1.807, 2.05) is 0 Å². The summed E-state index contributed by atoms with van der Waals surface area (Å²) >= 11 is 0. The number of aliphatic hydroxyl groups excluding tert-OH is 1. The minimum absolute atomic E-state index is 0.478. The fraction of sp³-hybridized carbons (Fsp3) is 0.462. The first-order valence-electron chi connectivity index (χ1n) is 6.13. The van der Waals surface area contributed by atoms with Gasteiger partial charge in [0.2, 0.25) is 0 Å². The highest BCUT2D eigenvalue weighted by Crippen LogP contribution is 2.20. The Hall–Kier alpha value is -1.56. The Kier molecular flexibility index (Phi) is 4.09. The van der Waals surface area contributed by atoms with E-state index in [0.717, 1.165) is 18.9 Å². The van der Waals surface area contributed by atoms with Crippen LogP contribution in [0.3, 0.4) is 0 Å². The molecule has 1 saturated carbocycles. The summed E-state index contributed by atoms with van der Waals surface area (Å²) in [5, 5.41) is 12.1. The molecule has 0 saturated heterocycles. The third kappa shape index (κ3) is 2.89. The van der Waals surface area contributed by atoms with Gasteiger partial charge in [0.1, 0.15) is 0 Å². The lowest BCUT2D eigenvalue weighted by Gasteiger charge is -2.28. The zero-order valence-electron chi connectivity index (χ0n) is 10.1. The first-order valence-corrected chi connectivity index (χ1v) is 6.13. The van der Waals surface area contributed by atoms with Crippen LogP contribution in [0.25, 0.3) is 0 Å². The molecule has 0 radical (unpaired) electrons. The number of rotatable bonds is 2. The lowest BCUT2D eigenvalue weighted by atomic mass is 9.92. The third-order valence-corrected chi connectivity index (χ3v) is 3.33. The second kappa shape index (κ2) is 5.61. The Bertz CT molecular complexity index is 493. The van der Waals surface area contributed by atoms with Crippen LogP contribution < -0.4 is 5.32 Å². The predicted octanol–water partition coefficient (Wildman–Crippen LogP) is 2.14. The van der Waals surface area contributed by atoms with E-state index in [1.165, 1.54) is 0 Å². The summed E-state index contributed by atoms with van der Waals surface area (Å²) in [4.78, 5) is 11.8. The average Bonchev–Trinajstić information content (AvgIpc) is 2.39. The summed E-state index contributed by atoms with van der Waals surface area (Å²) in [6, 6.07) is 1.11. The molecule has 1 aliphatic carbocycles. The highest BCUT2D eigenvalue weighted by molar-refractivity contribution is 5.94. The summed E-state index contributed by atoms with van der Waals surface area (Å²) in [7, 11) is 0. The van der Waals surface area contributed by atoms with E-state index >= 15 is 0 Å². The van der Waals surface area contributed by atoms with Gasteiger partial charge in [0.05, 0.1) is 17.7 Å². The molecule has 2 rings (SSSR count). The van der Waals surface area contributed by atoms with Crippen LogP contribution in [0.15, 0.2) is 12.1 Å². The highest BCUT2D eigenvalue weighted by atomic mass is 19.2. The van der Waals surface area contributed by atoms with Crippen LogP contribution in [-0.4, -0.2) is 23.2 Å². The molecule has 0 bridgehead atoms. The Morgan fingerprint density at radius 2 is 1.84 bits per heavy atom. The van der Waals surface area contributed by atoms with Crippen molar-refractivity contribution in [1.82, 2.24) is 5.32 Å². The number of hydrogen-bond donors (Lipinski definition) is 2. The lowest BCUT2D eigenvalue weighted by Crippen LogP contribution is -2.45. The SMILES string of the molecule is O=C(N[C@H]1CCCC[C@@H]1O)c1ccc(F)c(F)c1F. The number of hydrogen-bond acceptors (Lipinski definition) is 2. The summed E-state index contributed by atoms with van der Waals surface area (Å²) in [5.74, 6) is -5.37. The minimum atomic E-state index is -1.67. The van der Waals surface area contributed by atoms with Gasteiger partial charge in [-0.15, -0.1) is 0 Å². The number of amides is 1. The van der Waals surface area contributed by atoms with Gasteiger partial charge in [0.25, 0.3) is 5.91 Å². The average molecular weight is 273 g/mol. The highest BCUT2D eigenvalue weighted by Gasteiger charge is 2.26. The molecule has 3 nitrogen and oxygen atoms in total. The van der Waals surface area contributed by atoms with Gasteiger partial charge in [-0.3, -0.25) is 4.79 Å². The number of benzene rings is 1. The normalized spacial score (nSPS) is 23.2. The van der Waals surface area contributed by atoms with Crippen molar-refractivity contribution in [3.63, 3.8) is 0 Å². The maximum absolute atomic E-state index is 13.4. The maximum atomic E-state index is 13.4. The molecule has 0 spiro atoms. The van der Waals surface area contributed by atoms with Crippen LogP contribution in [0.1, 0.15) is 36.0 Å². The van der Waals surface area contributed by atoms with Gasteiger partial charge in [0, 0.05) is 0 Å². The predicted molar refractivity (Wildman–Crippen MR) is 62.0 cm³/mol. The number of nitrogens with one attached hydrogen (secondary N) is 1. The summed E-state index contributed by atoms with van der Waals surface area (Å²) in [5.41, 5.74) is -0.559. The van der Waals surface area contributed by atoms with Crippen LogP contribution >= 0.6 is 0 Å². The second-order valence-electron chi connectivity index (χ2n) is 4.65. The molecular weight excluding hydrogens is 259 g/mol. The smallest absolute Gasteiger partial charge is 0.254 e. The van der Waals surface area contributed by atoms with Gasteiger partial charge in [0.15, 0.2) is 17.5 Å². The van der Waals surface area contributed by atoms with Crippen molar-refractivity contribution >= 4 is 5.91 Å². The van der Waals surface area contributed by atoms with Crippen molar-refractivity contribution in [3.05, 3.63) is 35.1 Å². The minimum Gasteiger partial charge on any atom is -0.391 e. The standard InChI is InChI=1S/C13H14F3NO2/c14-8-6-5-7(11(15)12(8)16)13(19)17-9-3-1-2-4-10(9)18/h5-6,9-10,18H,1-4H2,(H,17,19)/t9-,10-/m0/s1. The van der Waals surface area contributed by atoms with E-state index in [2.05, 4.69) is 5.32 Å². The van der Waals surface area contributed by atoms with Crippen molar-refractivity contribution in [2.24, 2.45) is 0 Å². The molecule has 1 aliphatic rings. The molecule has 1 aromatic rings. The monoisotopic (exact) mass is 273 g/mol. The van der Waals surface area contributed by atoms with E-state index in [-0.39, 0.29) is 0 Å². The van der Waals surface area contributed by atoms with Crippen LogP contribution in [0.5, 0.6) is 0 Å². The first kappa shape index (κ1) is 13.9. The summed E-state index contributed by atoms with van der Waals surface area (Å²) < 4.78 is 39.2. The quantitative estimate of drug-likeness (QED) is 0.811. The Morgan fingerprint density at radius 3 is 2.53 bits per heavy atom. The van der Waals surface area contributed by atoms with Crippen molar-refractivity contribution in [2.75, 3.05) is 0 Å². The van der Waals surface area contributed by atoms with Crippen molar-refractivity contribution < 1.29 is 23.1 Å². The zero-order chi connectivity index (χ0) is 14.0. The van der Waals surface area contributed by atoms with Crippen LogP contribution in [0, 0.1) is 17.5 Å². The van der Waals surface area contributed by atoms with Crippen LogP contribution in [-0.2, 0) is 0 Å². The lowest BCUT2D eigenvalue weighted by molar-refractivity contribution is 0.0713. The van der Waals surface area contributed by atoms with E-state index in [9.17, 15) is 23.1 Å². The molecule has 2 atom stereocenters. The Labute approximate surface area is 108 Å². The molecule has 0 heterocycles. The van der Waals surface area contributed by atoms with Crippen LogP contribution in [0.4, 0.5) is 13.2 Å². The number of halogens is 3. The van der Waals surface area contributed by atoms with E-state index < -0.39 is 41.1 Å². The number of carbonyl (C=O) groups is 1. The molecule has 104 valence electrons. The van der Waals surface area contributed by atoms with E-state index in [0.29, 0.717) is 18.9 Å². The molecule has 0 aromatic heterocycles. The molecule has 1 fully saturated rings. The van der Waals surface area contributed by atoms with Crippen molar-refractivity contribution in [2.45, 2.75) is 37.8 Å². The van der Waals surface area contributed by atoms with Gasteiger partial charge < -0.3 is 10.4 Å². The van der Waals surface area contributed by atoms with E-state index in [4.69, 9.17) is 0 Å². The maximum Gasteiger partial charge on any atom is 0.254 e. The second-order valence-corrected chi connectivity index (χ2v) is 4.65. The molecule has 2 N–H and O–H groups in total. The van der Waals surface area contributed by atoms with Crippen molar-refractivity contribution in [1.29, 1.82) is 0 Å². The van der Waals surface area contributed by atoms with Gasteiger partial charge >= 0.3 is 0 Å².